The number of amidine groups is 1. The van der Waals surface area contributed by atoms with Crippen LogP contribution >= 0.6 is 0 Å². The van der Waals surface area contributed by atoms with Gasteiger partial charge in [-0.15, -0.1) is 0 Å². The highest BCUT2D eigenvalue weighted by Gasteiger charge is 2.32. The molecule has 0 aromatic rings. The SMILES string of the molecule is CCC1CC1.COC/N=C(\C)N1CCN(C(=O)C2CCCCC2)C(C)C1. The maximum absolute atomic E-state index is 12.7. The highest BCUT2D eigenvalue weighted by atomic mass is 16.5. The number of nitrogens with zero attached hydrogens (tertiary/aromatic N) is 3. The van der Waals surface area contributed by atoms with Crippen molar-refractivity contribution in [2.75, 3.05) is 33.5 Å². The minimum Gasteiger partial charge on any atom is -0.362 e. The van der Waals surface area contributed by atoms with Gasteiger partial charge >= 0.3 is 0 Å². The lowest BCUT2D eigenvalue weighted by Gasteiger charge is -2.42. The Morgan fingerprint density at radius 3 is 2.31 bits per heavy atom. The zero-order chi connectivity index (χ0) is 18.9. The van der Waals surface area contributed by atoms with Crippen LogP contribution in [0.25, 0.3) is 0 Å². The van der Waals surface area contributed by atoms with Crippen LogP contribution in [0.15, 0.2) is 4.99 Å². The van der Waals surface area contributed by atoms with E-state index in [-0.39, 0.29) is 12.0 Å². The van der Waals surface area contributed by atoms with E-state index in [2.05, 4.69) is 28.6 Å². The average molecular weight is 366 g/mol. The third-order valence-electron chi connectivity index (χ3n) is 6.02. The quantitative estimate of drug-likeness (QED) is 0.560. The maximum atomic E-state index is 12.7. The summed E-state index contributed by atoms with van der Waals surface area (Å²) in [6, 6.07) is 0.265. The molecule has 26 heavy (non-hydrogen) atoms. The van der Waals surface area contributed by atoms with Crippen molar-refractivity contribution in [1.82, 2.24) is 9.80 Å². The molecule has 1 saturated heterocycles. The van der Waals surface area contributed by atoms with Crippen LogP contribution in [-0.4, -0.2) is 61.1 Å². The third-order valence-corrected chi connectivity index (χ3v) is 6.02. The summed E-state index contributed by atoms with van der Waals surface area (Å²) in [6.07, 6.45) is 10.3. The fourth-order valence-electron chi connectivity index (χ4n) is 3.95. The van der Waals surface area contributed by atoms with Crippen molar-refractivity contribution in [3.05, 3.63) is 0 Å². The zero-order valence-corrected chi connectivity index (χ0v) is 17.4. The first-order valence-electron chi connectivity index (χ1n) is 10.6. The van der Waals surface area contributed by atoms with Gasteiger partial charge in [0.05, 0.1) is 5.84 Å². The average Bonchev–Trinajstić information content (AvgIpc) is 3.51. The van der Waals surface area contributed by atoms with Crippen molar-refractivity contribution in [2.24, 2.45) is 16.8 Å². The highest BCUT2D eigenvalue weighted by Crippen LogP contribution is 2.31. The summed E-state index contributed by atoms with van der Waals surface area (Å²) in [6.45, 7) is 9.40. The zero-order valence-electron chi connectivity index (χ0n) is 17.4. The molecule has 5 heteroatoms. The Morgan fingerprint density at radius 2 is 1.81 bits per heavy atom. The van der Waals surface area contributed by atoms with Gasteiger partial charge in [-0.1, -0.05) is 45.4 Å². The number of amides is 1. The number of rotatable bonds is 4. The van der Waals surface area contributed by atoms with Crippen molar-refractivity contribution >= 4 is 11.7 Å². The van der Waals surface area contributed by atoms with E-state index in [1.165, 1.54) is 38.5 Å². The molecule has 0 spiro atoms. The van der Waals surface area contributed by atoms with Crippen LogP contribution in [0, 0.1) is 11.8 Å². The van der Waals surface area contributed by atoms with Gasteiger partial charge in [0.2, 0.25) is 5.91 Å². The number of hydrogen-bond acceptors (Lipinski definition) is 3. The van der Waals surface area contributed by atoms with Gasteiger partial charge < -0.3 is 14.5 Å². The monoisotopic (exact) mass is 365 g/mol. The second-order valence-corrected chi connectivity index (χ2v) is 8.14. The smallest absolute Gasteiger partial charge is 0.226 e. The number of carbonyl (C=O) groups excluding carboxylic acids is 1. The van der Waals surface area contributed by atoms with Gasteiger partial charge in [0.25, 0.3) is 0 Å². The van der Waals surface area contributed by atoms with E-state index >= 15 is 0 Å². The highest BCUT2D eigenvalue weighted by molar-refractivity contribution is 5.81. The molecule has 2 saturated carbocycles. The van der Waals surface area contributed by atoms with Crippen molar-refractivity contribution < 1.29 is 9.53 Å². The molecule has 0 aromatic heterocycles. The van der Waals surface area contributed by atoms with Crippen molar-refractivity contribution in [2.45, 2.75) is 78.2 Å². The van der Waals surface area contributed by atoms with Gasteiger partial charge in [0.1, 0.15) is 6.73 Å². The van der Waals surface area contributed by atoms with Crippen molar-refractivity contribution in [3.63, 3.8) is 0 Å². The summed E-state index contributed by atoms with van der Waals surface area (Å²) in [5.74, 6) is 2.80. The van der Waals surface area contributed by atoms with E-state index in [4.69, 9.17) is 4.74 Å². The van der Waals surface area contributed by atoms with Crippen LogP contribution < -0.4 is 0 Å². The van der Waals surface area contributed by atoms with Crippen LogP contribution in [-0.2, 0) is 9.53 Å². The van der Waals surface area contributed by atoms with Crippen molar-refractivity contribution in [3.8, 4) is 0 Å². The molecule has 1 amide bonds. The van der Waals surface area contributed by atoms with Crippen LogP contribution in [0.5, 0.6) is 0 Å². The summed E-state index contributed by atoms with van der Waals surface area (Å²) in [7, 11) is 1.65. The van der Waals surface area contributed by atoms with Gasteiger partial charge in [-0.3, -0.25) is 4.79 Å². The molecular weight excluding hydrogens is 326 g/mol. The van der Waals surface area contributed by atoms with E-state index in [9.17, 15) is 4.79 Å². The molecule has 0 bridgehead atoms. The van der Waals surface area contributed by atoms with E-state index in [1.54, 1.807) is 7.11 Å². The molecule has 150 valence electrons. The first-order valence-corrected chi connectivity index (χ1v) is 10.6. The number of piperazine rings is 1. The molecule has 3 rings (SSSR count). The van der Waals surface area contributed by atoms with E-state index < -0.39 is 0 Å². The molecule has 0 radical (unpaired) electrons. The van der Waals surface area contributed by atoms with E-state index in [0.29, 0.717) is 12.6 Å². The van der Waals surface area contributed by atoms with E-state index in [1.807, 2.05) is 6.92 Å². The van der Waals surface area contributed by atoms with Crippen LogP contribution in [0.2, 0.25) is 0 Å². The molecular formula is C21H39N3O2. The number of methoxy groups -OCH3 is 1. The molecule has 0 aromatic carbocycles. The summed E-state index contributed by atoms with van der Waals surface area (Å²) in [5, 5.41) is 0. The standard InChI is InChI=1S/C16H29N3O2.C5H10/c1-13-11-18(14(2)17-12-21-3)9-10-19(13)16(20)15-7-5-4-6-8-15;1-2-5-3-4-5/h13,15H,4-12H2,1-3H3;5H,2-4H2,1H3/b17-14+;. The Hall–Kier alpha value is -1.10. The van der Waals surface area contributed by atoms with Gasteiger partial charge in [-0.2, -0.15) is 0 Å². The Kier molecular flexibility index (Phi) is 8.89. The van der Waals surface area contributed by atoms with Crippen LogP contribution in [0.1, 0.15) is 72.1 Å². The lowest BCUT2D eigenvalue weighted by atomic mass is 9.88. The second-order valence-electron chi connectivity index (χ2n) is 8.14. The molecule has 3 aliphatic rings. The minimum atomic E-state index is 0.265. The molecule has 5 nitrogen and oxygen atoms in total. The predicted octanol–water partition coefficient (Wildman–Crippen LogP) is 3.93. The molecule has 0 N–H and O–H groups in total. The lowest BCUT2D eigenvalue weighted by molar-refractivity contribution is -0.140. The second kappa shape index (κ2) is 10.9. The molecule has 2 aliphatic carbocycles. The summed E-state index contributed by atoms with van der Waals surface area (Å²) in [5.41, 5.74) is 0. The van der Waals surface area contributed by atoms with Crippen molar-refractivity contribution in [1.29, 1.82) is 0 Å². The number of aliphatic imine (C=N–C) groups is 1. The number of ether oxygens (including phenoxy) is 1. The largest absolute Gasteiger partial charge is 0.362 e. The number of carbonyl (C=O) groups is 1. The Bertz CT molecular complexity index is 456. The minimum absolute atomic E-state index is 0.265. The Morgan fingerprint density at radius 1 is 1.12 bits per heavy atom. The molecule has 1 heterocycles. The van der Waals surface area contributed by atoms with Gasteiger partial charge in [0, 0.05) is 38.7 Å². The molecule has 1 aliphatic heterocycles. The fourth-order valence-corrected chi connectivity index (χ4v) is 3.95. The third kappa shape index (κ3) is 6.57. The summed E-state index contributed by atoms with van der Waals surface area (Å²) in [4.78, 5) is 21.4. The Labute approximate surface area is 160 Å². The van der Waals surface area contributed by atoms with Crippen LogP contribution in [0.4, 0.5) is 0 Å². The number of hydrogen-bond donors (Lipinski definition) is 0. The summed E-state index contributed by atoms with van der Waals surface area (Å²) >= 11 is 0. The topological polar surface area (TPSA) is 45.1 Å². The molecule has 1 unspecified atom stereocenters. The molecule has 1 atom stereocenters. The van der Waals surface area contributed by atoms with Gasteiger partial charge in [-0.05, 0) is 32.6 Å². The van der Waals surface area contributed by atoms with Gasteiger partial charge in [-0.25, -0.2) is 4.99 Å². The Balaban J connectivity index is 0.000000417. The van der Waals surface area contributed by atoms with Crippen LogP contribution in [0.3, 0.4) is 0 Å². The predicted molar refractivity (Wildman–Crippen MR) is 107 cm³/mol. The normalized spacial score (nSPS) is 24.9. The summed E-state index contributed by atoms with van der Waals surface area (Å²) < 4.78 is 4.99. The molecule has 3 fully saturated rings. The van der Waals surface area contributed by atoms with E-state index in [0.717, 1.165) is 44.2 Å². The maximum Gasteiger partial charge on any atom is 0.226 e. The first-order chi connectivity index (χ1) is 12.6. The lowest BCUT2D eigenvalue weighted by Crippen LogP contribution is -2.56. The van der Waals surface area contributed by atoms with Gasteiger partial charge in [0.15, 0.2) is 0 Å². The fraction of sp³-hybridized carbons (Fsp3) is 0.905. The first kappa shape index (κ1) is 21.2.